The van der Waals surface area contributed by atoms with E-state index in [1.165, 1.54) is 19.1 Å². The Morgan fingerprint density at radius 3 is 2.63 bits per heavy atom. The van der Waals surface area contributed by atoms with E-state index >= 15 is 0 Å². The number of carbonyl (C=O) groups excluding carboxylic acids is 1. The lowest BCUT2D eigenvalue weighted by Gasteiger charge is -2.13. The average molecular weight is 299 g/mol. The number of nitrogens with one attached hydrogen (secondary N) is 1. The van der Waals surface area contributed by atoms with E-state index in [9.17, 15) is 13.2 Å². The van der Waals surface area contributed by atoms with Crippen molar-refractivity contribution in [1.29, 1.82) is 0 Å². The maximum absolute atomic E-state index is 12.2. The lowest BCUT2D eigenvalue weighted by Crippen LogP contribution is -2.31. The van der Waals surface area contributed by atoms with Gasteiger partial charge in [-0.3, -0.25) is 4.79 Å². The Bertz CT molecular complexity index is 592. The Balaban J connectivity index is 2.15. The Hall–Kier alpha value is -0.850. The Labute approximate surface area is 118 Å². The van der Waals surface area contributed by atoms with Gasteiger partial charge in [0.1, 0.15) is 0 Å². The van der Waals surface area contributed by atoms with Gasteiger partial charge in [-0.05, 0) is 38.2 Å². The van der Waals surface area contributed by atoms with Gasteiger partial charge in [-0.2, -0.15) is 11.8 Å². The van der Waals surface area contributed by atoms with E-state index in [0.717, 1.165) is 12.8 Å². The zero-order valence-electron chi connectivity index (χ0n) is 11.0. The maximum Gasteiger partial charge on any atom is 0.240 e. The monoisotopic (exact) mass is 299 g/mol. The highest BCUT2D eigenvalue weighted by Gasteiger charge is 2.42. The van der Waals surface area contributed by atoms with Crippen LogP contribution < -0.4 is 4.72 Å². The fourth-order valence-corrected chi connectivity index (χ4v) is 3.78. The summed E-state index contributed by atoms with van der Waals surface area (Å²) in [4.78, 5) is 11.4. The number of thioether (sulfide) groups is 1. The van der Waals surface area contributed by atoms with Crippen LogP contribution >= 0.6 is 11.8 Å². The molecule has 1 aromatic rings. The van der Waals surface area contributed by atoms with Crippen molar-refractivity contribution in [1.82, 2.24) is 4.72 Å². The fraction of sp³-hybridized carbons (Fsp3) is 0.462. The number of Topliss-reactive ketones (excluding diaryl/α,β-unsaturated/α-hetero) is 1. The minimum atomic E-state index is -3.54. The van der Waals surface area contributed by atoms with Gasteiger partial charge in [0.25, 0.3) is 0 Å². The molecule has 1 fully saturated rings. The van der Waals surface area contributed by atoms with E-state index in [0.29, 0.717) is 12.1 Å². The molecule has 4 nitrogen and oxygen atoms in total. The molecule has 19 heavy (non-hydrogen) atoms. The molecule has 0 saturated heterocycles. The molecule has 0 heterocycles. The van der Waals surface area contributed by atoms with Crippen LogP contribution in [0.4, 0.5) is 0 Å². The van der Waals surface area contributed by atoms with Crippen molar-refractivity contribution < 1.29 is 13.2 Å². The quantitative estimate of drug-likeness (QED) is 0.817. The number of hydrogen-bond acceptors (Lipinski definition) is 4. The topological polar surface area (TPSA) is 63.2 Å². The minimum Gasteiger partial charge on any atom is -0.295 e. The van der Waals surface area contributed by atoms with Gasteiger partial charge in [-0.15, -0.1) is 0 Å². The van der Waals surface area contributed by atoms with Crippen molar-refractivity contribution in [2.45, 2.75) is 29.4 Å². The molecule has 6 heteroatoms. The van der Waals surface area contributed by atoms with Gasteiger partial charge in [0, 0.05) is 16.9 Å². The summed E-state index contributed by atoms with van der Waals surface area (Å²) in [7, 11) is -3.54. The molecule has 1 aromatic carbocycles. The van der Waals surface area contributed by atoms with E-state index in [4.69, 9.17) is 0 Å². The van der Waals surface area contributed by atoms with Crippen LogP contribution in [-0.4, -0.2) is 31.7 Å². The first-order valence-corrected chi connectivity index (χ1v) is 8.75. The highest BCUT2D eigenvalue weighted by Crippen LogP contribution is 2.46. The second-order valence-corrected chi connectivity index (χ2v) is 7.84. The number of rotatable bonds is 6. The molecule has 0 bridgehead atoms. The molecule has 2 rings (SSSR count). The van der Waals surface area contributed by atoms with E-state index in [1.807, 2.05) is 6.26 Å². The fourth-order valence-electron chi connectivity index (χ4n) is 1.78. The minimum absolute atomic E-state index is 0.0747. The number of hydrogen-bond donors (Lipinski definition) is 1. The third-order valence-electron chi connectivity index (χ3n) is 3.38. The predicted molar refractivity (Wildman–Crippen MR) is 77.1 cm³/mol. The van der Waals surface area contributed by atoms with Gasteiger partial charge < -0.3 is 0 Å². The maximum atomic E-state index is 12.2. The van der Waals surface area contributed by atoms with Gasteiger partial charge >= 0.3 is 0 Å². The second kappa shape index (κ2) is 5.26. The van der Waals surface area contributed by atoms with Gasteiger partial charge in [0.15, 0.2) is 5.78 Å². The number of ketones is 1. The number of benzene rings is 1. The largest absolute Gasteiger partial charge is 0.295 e. The standard InChI is InChI=1S/C13H17NO3S2/c1-10(15)11-4-3-5-12(8-11)19(16,17)14-9-13(18-2)6-7-13/h3-5,8,14H,6-7,9H2,1-2H3. The summed E-state index contributed by atoms with van der Waals surface area (Å²) in [6.45, 7) is 1.87. The zero-order valence-corrected chi connectivity index (χ0v) is 12.6. The summed E-state index contributed by atoms with van der Waals surface area (Å²) in [5.74, 6) is -0.139. The van der Waals surface area contributed by atoms with Gasteiger partial charge in [0.2, 0.25) is 10.0 Å². The molecule has 1 aliphatic carbocycles. The first kappa shape index (κ1) is 14.6. The molecule has 1 saturated carbocycles. The van der Waals surface area contributed by atoms with Crippen molar-refractivity contribution in [2.24, 2.45) is 0 Å². The molecule has 1 aliphatic rings. The lowest BCUT2D eigenvalue weighted by molar-refractivity contribution is 0.101. The molecule has 0 radical (unpaired) electrons. The van der Waals surface area contributed by atoms with Gasteiger partial charge in [-0.25, -0.2) is 13.1 Å². The summed E-state index contributed by atoms with van der Waals surface area (Å²) in [5, 5.41) is 0. The molecule has 0 amide bonds. The van der Waals surface area contributed by atoms with Crippen LogP contribution in [-0.2, 0) is 10.0 Å². The highest BCUT2D eigenvalue weighted by atomic mass is 32.2. The summed E-state index contributed by atoms with van der Waals surface area (Å²) in [6, 6.07) is 6.13. The first-order chi connectivity index (χ1) is 8.88. The first-order valence-electron chi connectivity index (χ1n) is 6.04. The predicted octanol–water partition coefficient (Wildman–Crippen LogP) is 2.06. The van der Waals surface area contributed by atoms with Crippen molar-refractivity contribution in [3.8, 4) is 0 Å². The molecule has 1 N–H and O–H groups in total. The van der Waals surface area contributed by atoms with Gasteiger partial charge in [-0.1, -0.05) is 12.1 Å². The summed E-state index contributed by atoms with van der Waals surface area (Å²) >= 11 is 1.70. The molecule has 0 spiro atoms. The van der Waals surface area contributed by atoms with Gasteiger partial charge in [0.05, 0.1) is 4.90 Å². The van der Waals surface area contributed by atoms with Crippen molar-refractivity contribution in [3.05, 3.63) is 29.8 Å². The van der Waals surface area contributed by atoms with Crippen LogP contribution in [0.1, 0.15) is 30.1 Å². The van der Waals surface area contributed by atoms with Crippen LogP contribution in [0.15, 0.2) is 29.2 Å². The Morgan fingerprint density at radius 2 is 2.11 bits per heavy atom. The van der Waals surface area contributed by atoms with Crippen molar-refractivity contribution in [2.75, 3.05) is 12.8 Å². The molecular formula is C13H17NO3S2. The molecule has 0 aromatic heterocycles. The number of carbonyl (C=O) groups is 1. The van der Waals surface area contributed by atoms with Crippen LogP contribution in [0.25, 0.3) is 0 Å². The average Bonchev–Trinajstić information content (AvgIpc) is 3.17. The normalized spacial score (nSPS) is 17.2. The molecular weight excluding hydrogens is 282 g/mol. The summed E-state index contributed by atoms with van der Waals surface area (Å²) in [6.07, 6.45) is 4.09. The Morgan fingerprint density at radius 1 is 1.42 bits per heavy atom. The van der Waals surface area contributed by atoms with Crippen LogP contribution in [0.5, 0.6) is 0 Å². The lowest BCUT2D eigenvalue weighted by atomic mass is 10.2. The van der Waals surface area contributed by atoms with E-state index in [2.05, 4.69) is 4.72 Å². The van der Waals surface area contributed by atoms with E-state index in [-0.39, 0.29) is 15.4 Å². The second-order valence-electron chi connectivity index (χ2n) is 4.80. The highest BCUT2D eigenvalue weighted by molar-refractivity contribution is 8.00. The van der Waals surface area contributed by atoms with Crippen LogP contribution in [0.3, 0.4) is 0 Å². The van der Waals surface area contributed by atoms with Crippen molar-refractivity contribution >= 4 is 27.6 Å². The smallest absolute Gasteiger partial charge is 0.240 e. The molecule has 0 atom stereocenters. The summed E-state index contributed by atoms with van der Waals surface area (Å²) < 4.78 is 27.0. The summed E-state index contributed by atoms with van der Waals surface area (Å²) in [5.41, 5.74) is 0.411. The van der Waals surface area contributed by atoms with Crippen LogP contribution in [0, 0.1) is 0 Å². The number of sulfonamides is 1. The van der Waals surface area contributed by atoms with Crippen molar-refractivity contribution in [3.63, 3.8) is 0 Å². The third-order valence-corrected chi connectivity index (χ3v) is 6.19. The molecule has 0 unspecified atom stereocenters. The van der Waals surface area contributed by atoms with Crippen LogP contribution in [0.2, 0.25) is 0 Å². The van der Waals surface area contributed by atoms with E-state index < -0.39 is 10.0 Å². The van der Waals surface area contributed by atoms with E-state index in [1.54, 1.807) is 23.9 Å². The zero-order chi connectivity index (χ0) is 14.1. The molecule has 0 aliphatic heterocycles. The SMILES string of the molecule is CSC1(CNS(=O)(=O)c2cccc(C(C)=O)c2)CC1. The third kappa shape index (κ3) is 3.38. The molecule has 104 valence electrons. The Kier molecular flexibility index (Phi) is 4.03.